The second kappa shape index (κ2) is 4.91. The molecule has 3 N–H and O–H groups in total. The van der Waals surface area contributed by atoms with Crippen LogP contribution in [0.5, 0.6) is 0 Å². The maximum atomic E-state index is 6.44. The molecule has 0 amide bonds. The van der Waals surface area contributed by atoms with Crippen molar-refractivity contribution >= 4 is 16.7 Å². The lowest BCUT2D eigenvalue weighted by atomic mass is 10.1. The monoisotopic (exact) mass is 292 g/mol. The molecule has 0 bridgehead atoms. The van der Waals surface area contributed by atoms with Crippen molar-refractivity contribution in [2.24, 2.45) is 5.50 Å². The van der Waals surface area contributed by atoms with Crippen LogP contribution in [0.2, 0.25) is 0 Å². The Bertz CT molecular complexity index is 279. The largest absolute Gasteiger partial charge is 0.284 e. The summed E-state index contributed by atoms with van der Waals surface area (Å²) in [7, 11) is -1.19. The van der Waals surface area contributed by atoms with Crippen molar-refractivity contribution < 1.29 is 0 Å². The molecule has 4 nitrogen and oxygen atoms in total. The Labute approximate surface area is 115 Å². The first-order chi connectivity index (χ1) is 7.75. The number of hydrogen-bond acceptors (Lipinski definition) is 4. The van der Waals surface area contributed by atoms with E-state index < -0.39 is 16.7 Å². The summed E-state index contributed by atoms with van der Waals surface area (Å²) in [4.78, 5) is 0. The first-order valence-electron chi connectivity index (χ1n) is 6.48. The van der Waals surface area contributed by atoms with Gasteiger partial charge in [0.15, 0.2) is 0 Å². The molecule has 1 saturated heterocycles. The van der Waals surface area contributed by atoms with Gasteiger partial charge < -0.3 is 0 Å². The first-order valence-corrected chi connectivity index (χ1v) is 9.04. The molecule has 18 heavy (non-hydrogen) atoms. The average molecular weight is 292 g/mol. The van der Waals surface area contributed by atoms with Crippen LogP contribution in [-0.2, 0) is 0 Å². The van der Waals surface area contributed by atoms with Gasteiger partial charge in [0.2, 0.25) is 0 Å². The Hall–Kier alpha value is 0.700. The third-order valence-electron chi connectivity index (χ3n) is 2.38. The Morgan fingerprint density at radius 2 is 1.11 bits per heavy atom. The molecule has 1 heterocycles. The third-order valence-corrected chi connectivity index (χ3v) is 9.26. The average Bonchev–Trinajstić information content (AvgIpc) is 1.92. The summed E-state index contributed by atoms with van der Waals surface area (Å²) in [6, 6.07) is 0. The number of nitrogens with zero attached hydrogens (tertiary/aromatic N) is 2. The normalized spacial score (nSPS) is 28.3. The minimum absolute atomic E-state index is 0.106. The molecule has 1 aliphatic heterocycles. The van der Waals surface area contributed by atoms with Gasteiger partial charge in [0.1, 0.15) is 16.7 Å². The van der Waals surface area contributed by atoms with Gasteiger partial charge in [-0.3, -0.25) is 10.6 Å². The highest BCUT2D eigenvalue weighted by Gasteiger charge is 2.55. The number of nitrogens with two attached hydrogens (primary N) is 1. The van der Waals surface area contributed by atoms with E-state index in [9.17, 15) is 0 Å². The summed E-state index contributed by atoms with van der Waals surface area (Å²) >= 11 is 0. The fourth-order valence-electron chi connectivity index (χ4n) is 1.88. The zero-order valence-corrected chi connectivity index (χ0v) is 15.2. The van der Waals surface area contributed by atoms with Crippen LogP contribution in [-0.4, -0.2) is 25.5 Å². The van der Waals surface area contributed by atoms with E-state index in [0.717, 1.165) is 0 Å². The minimum Gasteiger partial charge on any atom is -0.284 e. The highest BCUT2D eigenvalue weighted by atomic mass is 31.3. The molecule has 0 spiro atoms. The van der Waals surface area contributed by atoms with Crippen LogP contribution >= 0.6 is 16.7 Å². The van der Waals surface area contributed by atoms with Gasteiger partial charge in [0.25, 0.3) is 0 Å². The highest BCUT2D eigenvalue weighted by Crippen LogP contribution is 2.76. The fraction of sp³-hybridized carbons (Fsp3) is 1.00. The second-order valence-electron chi connectivity index (χ2n) is 7.89. The fourth-order valence-corrected chi connectivity index (χ4v) is 7.46. The molecule has 1 aliphatic rings. The summed E-state index contributed by atoms with van der Waals surface area (Å²) in [5.41, 5.74) is 6.78. The van der Waals surface area contributed by atoms with E-state index in [-0.39, 0.29) is 16.6 Å². The van der Waals surface area contributed by atoms with Gasteiger partial charge in [-0.2, -0.15) is 0 Å². The third kappa shape index (κ3) is 3.62. The molecule has 0 aliphatic carbocycles. The molecule has 1 fully saturated rings. The van der Waals surface area contributed by atoms with Crippen molar-refractivity contribution in [1.82, 2.24) is 14.0 Å². The maximum absolute atomic E-state index is 6.44. The molecule has 0 aromatic heterocycles. The molecule has 0 unspecified atom stereocenters. The van der Waals surface area contributed by atoms with Crippen LogP contribution in [0.15, 0.2) is 0 Å². The SMILES string of the molecule is CC(C)(C)NP1N(C(C)(C)C)P(N)N1C(C)(C)C. The van der Waals surface area contributed by atoms with Gasteiger partial charge in [-0.05, 0) is 62.3 Å². The van der Waals surface area contributed by atoms with E-state index >= 15 is 0 Å². The molecular weight excluding hydrogens is 262 g/mol. The van der Waals surface area contributed by atoms with E-state index in [4.69, 9.17) is 5.50 Å². The van der Waals surface area contributed by atoms with Gasteiger partial charge in [-0.1, -0.05) is 0 Å². The van der Waals surface area contributed by atoms with Gasteiger partial charge >= 0.3 is 0 Å². The quantitative estimate of drug-likeness (QED) is 0.717. The summed E-state index contributed by atoms with van der Waals surface area (Å²) < 4.78 is 4.93. The molecule has 0 radical (unpaired) electrons. The van der Waals surface area contributed by atoms with Gasteiger partial charge in [0, 0.05) is 16.6 Å². The number of rotatable bonds is 1. The molecule has 0 aromatic rings. The first kappa shape index (κ1) is 16.8. The predicted octanol–water partition coefficient (Wildman–Crippen LogP) is 4.00. The van der Waals surface area contributed by atoms with Gasteiger partial charge in [-0.25, -0.2) is 8.88 Å². The van der Waals surface area contributed by atoms with Crippen LogP contribution in [0.3, 0.4) is 0 Å². The predicted molar refractivity (Wildman–Crippen MR) is 84.1 cm³/mol. The van der Waals surface area contributed by atoms with Crippen molar-refractivity contribution in [1.29, 1.82) is 0 Å². The van der Waals surface area contributed by atoms with Crippen molar-refractivity contribution in [3.63, 3.8) is 0 Å². The lowest BCUT2D eigenvalue weighted by molar-refractivity contribution is 0.271. The van der Waals surface area contributed by atoms with Gasteiger partial charge in [0.05, 0.1) is 0 Å². The lowest BCUT2D eigenvalue weighted by Crippen LogP contribution is -2.59. The lowest BCUT2D eigenvalue weighted by Gasteiger charge is -2.64. The minimum atomic E-state index is -0.680. The zero-order chi connectivity index (χ0) is 14.5. The molecule has 1 rings (SSSR count). The van der Waals surface area contributed by atoms with E-state index in [1.807, 2.05) is 0 Å². The van der Waals surface area contributed by atoms with Crippen LogP contribution in [0.25, 0.3) is 0 Å². The Morgan fingerprint density at radius 1 is 0.778 bits per heavy atom. The molecule has 0 saturated carbocycles. The topological polar surface area (TPSA) is 44.5 Å². The Morgan fingerprint density at radius 3 is 1.33 bits per heavy atom. The van der Waals surface area contributed by atoms with E-state index in [0.29, 0.717) is 0 Å². The van der Waals surface area contributed by atoms with Crippen molar-refractivity contribution in [2.75, 3.05) is 0 Å². The molecule has 0 aromatic carbocycles. The molecule has 0 atom stereocenters. The van der Waals surface area contributed by atoms with E-state index in [2.05, 4.69) is 76.3 Å². The summed E-state index contributed by atoms with van der Waals surface area (Å²) in [6.07, 6.45) is 0. The van der Waals surface area contributed by atoms with Gasteiger partial charge in [-0.15, -0.1) is 0 Å². The molecular formula is C12H30N4P2. The maximum Gasteiger partial charge on any atom is 0.130 e. The number of nitrogens with one attached hydrogen (secondary N) is 1. The Kier molecular flexibility index (Phi) is 4.57. The van der Waals surface area contributed by atoms with E-state index in [1.165, 1.54) is 0 Å². The smallest absolute Gasteiger partial charge is 0.130 e. The summed E-state index contributed by atoms with van der Waals surface area (Å²) in [6.45, 7) is 20.1. The van der Waals surface area contributed by atoms with Crippen LogP contribution in [0, 0.1) is 0 Å². The highest BCUT2D eigenvalue weighted by molar-refractivity contribution is 7.80. The van der Waals surface area contributed by atoms with Crippen LogP contribution < -0.4 is 10.6 Å². The standard InChI is InChI=1S/C12H30N4P2/c1-10(2,3)14-18-15(11(4,5)6)17(13)16(18)12(7,8)9/h14H,13H2,1-9H3. The Balaban J connectivity index is 2.96. The zero-order valence-electron chi connectivity index (χ0n) is 13.4. The molecule has 108 valence electrons. The number of hydrogen-bond donors (Lipinski definition) is 2. The molecule has 6 heteroatoms. The van der Waals surface area contributed by atoms with Crippen molar-refractivity contribution in [3.8, 4) is 0 Å². The summed E-state index contributed by atoms with van der Waals surface area (Å²) in [5, 5.41) is 3.75. The van der Waals surface area contributed by atoms with Crippen LogP contribution in [0.4, 0.5) is 0 Å². The summed E-state index contributed by atoms with van der Waals surface area (Å²) in [5.74, 6) is 0. The van der Waals surface area contributed by atoms with E-state index in [1.54, 1.807) is 0 Å². The van der Waals surface area contributed by atoms with Crippen molar-refractivity contribution in [3.05, 3.63) is 0 Å². The van der Waals surface area contributed by atoms with Crippen LogP contribution in [0.1, 0.15) is 62.3 Å². The van der Waals surface area contributed by atoms with Crippen molar-refractivity contribution in [2.45, 2.75) is 78.9 Å². The second-order valence-corrected chi connectivity index (χ2v) is 11.6.